The molecule has 0 heterocycles. The molecule has 0 aliphatic heterocycles. The van der Waals surface area contributed by atoms with E-state index >= 15 is 0 Å². The zero-order valence-corrected chi connectivity index (χ0v) is 7.82. The van der Waals surface area contributed by atoms with Gasteiger partial charge in [0.25, 0.3) is 0 Å². The lowest BCUT2D eigenvalue weighted by Gasteiger charge is -2.12. The van der Waals surface area contributed by atoms with E-state index < -0.39 is 0 Å². The van der Waals surface area contributed by atoms with Crippen LogP contribution in [-0.4, -0.2) is 24.3 Å². The third-order valence-corrected chi connectivity index (χ3v) is 1.58. The summed E-state index contributed by atoms with van der Waals surface area (Å²) in [5, 5.41) is 11.9. The average molecular weight is 208 g/mol. The number of halogens is 1. The molecule has 0 aliphatic rings. The van der Waals surface area contributed by atoms with E-state index in [0.29, 0.717) is 0 Å². The normalized spacial score (nSPS) is 13.1. The lowest BCUT2D eigenvalue weighted by atomic mass is 10.2. The number of hydrogen-bond acceptors (Lipinski definition) is 2. The molecule has 2 N–H and O–H groups in total. The second-order valence-corrected chi connectivity index (χ2v) is 3.31. The minimum Gasteiger partial charge on any atom is -0.395 e. The molecular formula is C7H14BrNO. The summed E-state index contributed by atoms with van der Waals surface area (Å²) in [4.78, 5) is 0. The van der Waals surface area contributed by atoms with Crippen LogP contribution in [0.15, 0.2) is 11.1 Å². The number of nitrogens with one attached hydrogen (secondary N) is 1. The molecule has 1 unspecified atom stereocenters. The molecule has 0 aromatic heterocycles. The van der Waals surface area contributed by atoms with Gasteiger partial charge >= 0.3 is 0 Å². The standard InChI is InChI=1S/C7H14BrNO/c1-3-7(5-10)9-4-6(2)8/h7,9-10H,2-5H2,1H3. The highest BCUT2D eigenvalue weighted by Crippen LogP contribution is 1.98. The summed E-state index contributed by atoms with van der Waals surface area (Å²) in [7, 11) is 0. The van der Waals surface area contributed by atoms with Gasteiger partial charge in [-0.2, -0.15) is 0 Å². The van der Waals surface area contributed by atoms with E-state index in [1.807, 2.05) is 6.92 Å². The summed E-state index contributed by atoms with van der Waals surface area (Å²) >= 11 is 3.22. The van der Waals surface area contributed by atoms with Crippen LogP contribution in [0, 0.1) is 0 Å². The molecule has 0 saturated heterocycles. The molecule has 2 nitrogen and oxygen atoms in total. The zero-order chi connectivity index (χ0) is 7.98. The van der Waals surface area contributed by atoms with Crippen molar-refractivity contribution < 1.29 is 5.11 Å². The molecule has 0 fully saturated rings. The monoisotopic (exact) mass is 207 g/mol. The molecule has 0 radical (unpaired) electrons. The van der Waals surface area contributed by atoms with E-state index in [0.717, 1.165) is 17.4 Å². The maximum Gasteiger partial charge on any atom is 0.0584 e. The first-order chi connectivity index (χ1) is 4.70. The molecular weight excluding hydrogens is 194 g/mol. The summed E-state index contributed by atoms with van der Waals surface area (Å²) in [6.45, 7) is 6.61. The van der Waals surface area contributed by atoms with Crippen molar-refractivity contribution in [3.05, 3.63) is 11.1 Å². The molecule has 0 rings (SSSR count). The second kappa shape index (κ2) is 5.89. The Morgan fingerprint density at radius 1 is 1.80 bits per heavy atom. The quantitative estimate of drug-likeness (QED) is 0.712. The predicted molar refractivity (Wildman–Crippen MR) is 47.2 cm³/mol. The Hall–Kier alpha value is 0.140. The number of rotatable bonds is 5. The molecule has 0 spiro atoms. The molecule has 60 valence electrons. The first-order valence-corrected chi connectivity index (χ1v) is 4.17. The highest BCUT2D eigenvalue weighted by atomic mass is 79.9. The van der Waals surface area contributed by atoms with Gasteiger partial charge in [-0.1, -0.05) is 29.4 Å². The lowest BCUT2D eigenvalue weighted by molar-refractivity contribution is 0.242. The summed E-state index contributed by atoms with van der Waals surface area (Å²) in [5.41, 5.74) is 0. The molecule has 0 aromatic carbocycles. The molecule has 3 heteroatoms. The minimum atomic E-state index is 0.191. The van der Waals surface area contributed by atoms with E-state index in [-0.39, 0.29) is 12.6 Å². The van der Waals surface area contributed by atoms with Crippen molar-refractivity contribution in [1.29, 1.82) is 0 Å². The van der Waals surface area contributed by atoms with E-state index in [2.05, 4.69) is 27.8 Å². The van der Waals surface area contributed by atoms with Gasteiger partial charge in [0.05, 0.1) is 6.61 Å². The van der Waals surface area contributed by atoms with Crippen molar-refractivity contribution in [1.82, 2.24) is 5.32 Å². The molecule has 0 amide bonds. The van der Waals surface area contributed by atoms with Gasteiger partial charge in [0.1, 0.15) is 0 Å². The van der Waals surface area contributed by atoms with Crippen LogP contribution in [0.25, 0.3) is 0 Å². The van der Waals surface area contributed by atoms with Gasteiger partial charge in [-0.25, -0.2) is 0 Å². The van der Waals surface area contributed by atoms with Gasteiger partial charge < -0.3 is 10.4 Å². The molecule has 1 atom stereocenters. The van der Waals surface area contributed by atoms with Gasteiger partial charge in [-0.3, -0.25) is 0 Å². The van der Waals surface area contributed by atoms with Crippen LogP contribution < -0.4 is 5.32 Å². The largest absolute Gasteiger partial charge is 0.395 e. The van der Waals surface area contributed by atoms with E-state index in [9.17, 15) is 0 Å². The molecule has 0 saturated carbocycles. The minimum absolute atomic E-state index is 0.191. The van der Waals surface area contributed by atoms with Gasteiger partial charge in [0.2, 0.25) is 0 Å². The lowest BCUT2D eigenvalue weighted by Crippen LogP contribution is -2.32. The SMILES string of the molecule is C=C(Br)CNC(CC)CO. The second-order valence-electron chi connectivity index (χ2n) is 2.19. The predicted octanol–water partition coefficient (Wildman–Crippen LogP) is 1.26. The maximum atomic E-state index is 8.73. The summed E-state index contributed by atoms with van der Waals surface area (Å²) in [6, 6.07) is 0.203. The topological polar surface area (TPSA) is 32.3 Å². The third-order valence-electron chi connectivity index (χ3n) is 1.30. The number of hydrogen-bond donors (Lipinski definition) is 2. The Morgan fingerprint density at radius 2 is 2.40 bits per heavy atom. The van der Waals surface area contributed by atoms with Gasteiger partial charge in [-0.05, 0) is 6.42 Å². The summed E-state index contributed by atoms with van der Waals surface area (Å²) in [5.74, 6) is 0. The van der Waals surface area contributed by atoms with Crippen LogP contribution in [0.1, 0.15) is 13.3 Å². The fourth-order valence-corrected chi connectivity index (χ4v) is 0.755. The van der Waals surface area contributed by atoms with Crippen LogP contribution >= 0.6 is 15.9 Å². The van der Waals surface area contributed by atoms with Gasteiger partial charge in [0, 0.05) is 17.1 Å². The Balaban J connectivity index is 3.34. The van der Waals surface area contributed by atoms with Crippen molar-refractivity contribution in [2.75, 3.05) is 13.2 Å². The molecule has 0 aromatic rings. The van der Waals surface area contributed by atoms with Crippen LogP contribution in [0.5, 0.6) is 0 Å². The van der Waals surface area contributed by atoms with E-state index in [1.54, 1.807) is 0 Å². The number of aliphatic hydroxyl groups excluding tert-OH is 1. The van der Waals surface area contributed by atoms with Crippen LogP contribution in [-0.2, 0) is 0 Å². The summed E-state index contributed by atoms with van der Waals surface area (Å²) < 4.78 is 0.916. The van der Waals surface area contributed by atoms with E-state index in [1.165, 1.54) is 0 Å². The van der Waals surface area contributed by atoms with Crippen LogP contribution in [0.4, 0.5) is 0 Å². The van der Waals surface area contributed by atoms with Crippen molar-refractivity contribution in [2.45, 2.75) is 19.4 Å². The van der Waals surface area contributed by atoms with Crippen molar-refractivity contribution in [3.63, 3.8) is 0 Å². The highest BCUT2D eigenvalue weighted by molar-refractivity contribution is 9.11. The Bertz CT molecular complexity index is 102. The summed E-state index contributed by atoms with van der Waals surface area (Å²) in [6.07, 6.45) is 0.941. The van der Waals surface area contributed by atoms with Crippen molar-refractivity contribution >= 4 is 15.9 Å². The fraction of sp³-hybridized carbons (Fsp3) is 0.714. The van der Waals surface area contributed by atoms with Crippen LogP contribution in [0.2, 0.25) is 0 Å². The Kier molecular flexibility index (Phi) is 5.97. The molecule has 10 heavy (non-hydrogen) atoms. The van der Waals surface area contributed by atoms with E-state index in [4.69, 9.17) is 5.11 Å². The van der Waals surface area contributed by atoms with Gasteiger partial charge in [0.15, 0.2) is 0 Å². The fourth-order valence-electron chi connectivity index (χ4n) is 0.593. The zero-order valence-electron chi connectivity index (χ0n) is 6.23. The molecule has 0 aliphatic carbocycles. The Labute approximate surface area is 70.5 Å². The third kappa shape index (κ3) is 4.97. The smallest absolute Gasteiger partial charge is 0.0584 e. The first-order valence-electron chi connectivity index (χ1n) is 3.38. The maximum absolute atomic E-state index is 8.73. The first kappa shape index (κ1) is 10.1. The highest BCUT2D eigenvalue weighted by Gasteiger charge is 2.01. The van der Waals surface area contributed by atoms with Gasteiger partial charge in [-0.15, -0.1) is 0 Å². The Morgan fingerprint density at radius 3 is 2.70 bits per heavy atom. The van der Waals surface area contributed by atoms with Crippen LogP contribution in [0.3, 0.4) is 0 Å². The molecule has 0 bridgehead atoms. The van der Waals surface area contributed by atoms with Crippen molar-refractivity contribution in [2.24, 2.45) is 0 Å². The van der Waals surface area contributed by atoms with Crippen molar-refractivity contribution in [3.8, 4) is 0 Å². The number of aliphatic hydroxyl groups is 1. The average Bonchev–Trinajstić information content (AvgIpc) is 1.90.